The summed E-state index contributed by atoms with van der Waals surface area (Å²) in [4.78, 5) is 10.9. The van der Waals surface area contributed by atoms with Crippen molar-refractivity contribution in [1.29, 1.82) is 0 Å². The molecule has 0 fully saturated rings. The summed E-state index contributed by atoms with van der Waals surface area (Å²) in [5.74, 6) is -1.05. The summed E-state index contributed by atoms with van der Waals surface area (Å²) in [6.45, 7) is 0. The lowest BCUT2D eigenvalue weighted by Crippen LogP contribution is -2.22. The number of rotatable bonds is 4. The standard InChI is InChI=1S/C11H13FO4/c1-16-10(14)6-9(13)11(15)7-2-4-8(12)5-3-7/h2-5,9,11,13,15H,6H2,1H3. The van der Waals surface area contributed by atoms with Crippen molar-refractivity contribution in [2.75, 3.05) is 7.11 Å². The van der Waals surface area contributed by atoms with Crippen LogP contribution in [0.3, 0.4) is 0 Å². The SMILES string of the molecule is COC(=O)CC(O)C(O)c1ccc(F)cc1. The molecule has 0 aliphatic carbocycles. The van der Waals surface area contributed by atoms with Crippen molar-refractivity contribution in [2.24, 2.45) is 0 Å². The van der Waals surface area contributed by atoms with E-state index in [1.165, 1.54) is 31.4 Å². The number of aliphatic hydroxyl groups is 2. The predicted octanol–water partition coefficient (Wildman–Crippen LogP) is 0.783. The molecule has 2 N–H and O–H groups in total. The molecular weight excluding hydrogens is 215 g/mol. The second-order valence-electron chi connectivity index (χ2n) is 3.34. The molecule has 0 radical (unpaired) electrons. The van der Waals surface area contributed by atoms with Gasteiger partial charge in [0.15, 0.2) is 0 Å². The highest BCUT2D eigenvalue weighted by atomic mass is 19.1. The quantitative estimate of drug-likeness (QED) is 0.747. The van der Waals surface area contributed by atoms with Gasteiger partial charge in [-0.3, -0.25) is 4.79 Å². The van der Waals surface area contributed by atoms with Crippen LogP contribution in [0.2, 0.25) is 0 Å². The van der Waals surface area contributed by atoms with Crippen molar-refractivity contribution < 1.29 is 24.1 Å². The van der Waals surface area contributed by atoms with E-state index in [4.69, 9.17) is 0 Å². The van der Waals surface area contributed by atoms with Gasteiger partial charge in [-0.05, 0) is 17.7 Å². The summed E-state index contributed by atoms with van der Waals surface area (Å²) in [5.41, 5.74) is 0.345. The van der Waals surface area contributed by atoms with Crippen LogP contribution in [0.5, 0.6) is 0 Å². The molecule has 5 heteroatoms. The van der Waals surface area contributed by atoms with Crippen LogP contribution in [-0.2, 0) is 9.53 Å². The Labute approximate surface area is 92.3 Å². The van der Waals surface area contributed by atoms with E-state index in [1.807, 2.05) is 0 Å². The maximum absolute atomic E-state index is 12.6. The van der Waals surface area contributed by atoms with Crippen molar-refractivity contribution >= 4 is 5.97 Å². The molecule has 1 rings (SSSR count). The van der Waals surface area contributed by atoms with Gasteiger partial charge >= 0.3 is 5.97 Å². The Morgan fingerprint density at radius 1 is 1.38 bits per heavy atom. The zero-order valence-corrected chi connectivity index (χ0v) is 8.76. The van der Waals surface area contributed by atoms with Crippen LogP contribution in [0.1, 0.15) is 18.1 Å². The van der Waals surface area contributed by atoms with E-state index in [2.05, 4.69) is 4.74 Å². The third-order valence-corrected chi connectivity index (χ3v) is 2.18. The monoisotopic (exact) mass is 228 g/mol. The zero-order valence-electron chi connectivity index (χ0n) is 8.76. The molecule has 0 saturated carbocycles. The first kappa shape index (κ1) is 12.6. The van der Waals surface area contributed by atoms with Crippen LogP contribution >= 0.6 is 0 Å². The average Bonchev–Trinajstić information content (AvgIpc) is 2.28. The third-order valence-electron chi connectivity index (χ3n) is 2.18. The molecule has 0 aliphatic heterocycles. The minimum atomic E-state index is -1.27. The third kappa shape index (κ3) is 3.29. The number of ether oxygens (including phenoxy) is 1. The van der Waals surface area contributed by atoms with Crippen LogP contribution in [0.15, 0.2) is 24.3 Å². The number of carbonyl (C=O) groups excluding carboxylic acids is 1. The molecule has 0 aliphatic rings. The largest absolute Gasteiger partial charge is 0.469 e. The highest BCUT2D eigenvalue weighted by Crippen LogP contribution is 2.19. The lowest BCUT2D eigenvalue weighted by atomic mass is 10.0. The first-order valence-corrected chi connectivity index (χ1v) is 4.73. The van der Waals surface area contributed by atoms with Gasteiger partial charge in [0.25, 0.3) is 0 Å². The summed E-state index contributed by atoms with van der Waals surface area (Å²) in [7, 11) is 1.19. The van der Waals surface area contributed by atoms with Crippen molar-refractivity contribution in [3.63, 3.8) is 0 Å². The molecule has 0 amide bonds. The first-order chi connectivity index (χ1) is 7.54. The fourth-order valence-electron chi connectivity index (χ4n) is 1.25. The van der Waals surface area contributed by atoms with Crippen LogP contribution in [0, 0.1) is 5.82 Å². The number of esters is 1. The van der Waals surface area contributed by atoms with Gasteiger partial charge in [0.1, 0.15) is 11.9 Å². The minimum Gasteiger partial charge on any atom is -0.469 e. The van der Waals surface area contributed by atoms with E-state index >= 15 is 0 Å². The van der Waals surface area contributed by atoms with Gasteiger partial charge in [-0.25, -0.2) is 4.39 Å². The molecule has 0 saturated heterocycles. The molecule has 2 atom stereocenters. The highest BCUT2D eigenvalue weighted by molar-refractivity contribution is 5.69. The van der Waals surface area contributed by atoms with Crippen molar-refractivity contribution in [3.8, 4) is 0 Å². The number of halogens is 1. The molecule has 1 aromatic rings. The first-order valence-electron chi connectivity index (χ1n) is 4.73. The lowest BCUT2D eigenvalue weighted by molar-refractivity contribution is -0.144. The summed E-state index contributed by atoms with van der Waals surface area (Å²) >= 11 is 0. The molecule has 0 heterocycles. The number of aliphatic hydroxyl groups excluding tert-OH is 2. The van der Waals surface area contributed by atoms with Gasteiger partial charge in [-0.1, -0.05) is 12.1 Å². The average molecular weight is 228 g/mol. The summed E-state index contributed by atoms with van der Waals surface area (Å²) < 4.78 is 17.0. The van der Waals surface area contributed by atoms with Crippen molar-refractivity contribution in [1.82, 2.24) is 0 Å². The van der Waals surface area contributed by atoms with Crippen molar-refractivity contribution in [2.45, 2.75) is 18.6 Å². The summed E-state index contributed by atoms with van der Waals surface area (Å²) in [6, 6.07) is 5.04. The van der Waals surface area contributed by atoms with E-state index in [0.29, 0.717) is 5.56 Å². The molecule has 88 valence electrons. The smallest absolute Gasteiger partial charge is 0.308 e. The Morgan fingerprint density at radius 2 is 1.94 bits per heavy atom. The second-order valence-corrected chi connectivity index (χ2v) is 3.34. The number of methoxy groups -OCH3 is 1. The van der Waals surface area contributed by atoms with E-state index < -0.39 is 24.0 Å². The number of hydrogen-bond donors (Lipinski definition) is 2. The predicted molar refractivity (Wildman–Crippen MR) is 54.0 cm³/mol. The Balaban J connectivity index is 2.66. The van der Waals surface area contributed by atoms with E-state index in [1.54, 1.807) is 0 Å². The minimum absolute atomic E-state index is 0.310. The Hall–Kier alpha value is -1.46. The molecular formula is C11H13FO4. The molecule has 0 bridgehead atoms. The van der Waals surface area contributed by atoms with E-state index in [9.17, 15) is 19.4 Å². The van der Waals surface area contributed by atoms with Crippen molar-refractivity contribution in [3.05, 3.63) is 35.6 Å². The summed E-state index contributed by atoms with van der Waals surface area (Å²) in [6.07, 6.45) is -2.81. The molecule has 0 aromatic heterocycles. The molecule has 16 heavy (non-hydrogen) atoms. The van der Waals surface area contributed by atoms with E-state index in [0.717, 1.165) is 0 Å². The fourth-order valence-corrected chi connectivity index (χ4v) is 1.25. The van der Waals surface area contributed by atoms with Crippen LogP contribution < -0.4 is 0 Å². The van der Waals surface area contributed by atoms with Gasteiger partial charge in [0, 0.05) is 0 Å². The lowest BCUT2D eigenvalue weighted by Gasteiger charge is -2.16. The number of carbonyl (C=O) groups is 1. The van der Waals surface area contributed by atoms with Gasteiger partial charge in [0.2, 0.25) is 0 Å². The topological polar surface area (TPSA) is 66.8 Å². The Bertz CT molecular complexity index is 350. The highest BCUT2D eigenvalue weighted by Gasteiger charge is 2.21. The van der Waals surface area contributed by atoms with E-state index in [-0.39, 0.29) is 6.42 Å². The molecule has 2 unspecified atom stereocenters. The molecule has 1 aromatic carbocycles. The van der Waals surface area contributed by atoms with Crippen LogP contribution in [-0.4, -0.2) is 29.4 Å². The fraction of sp³-hybridized carbons (Fsp3) is 0.364. The van der Waals surface area contributed by atoms with Gasteiger partial charge < -0.3 is 14.9 Å². The van der Waals surface area contributed by atoms with Crippen LogP contribution in [0.4, 0.5) is 4.39 Å². The maximum atomic E-state index is 12.6. The normalized spacial score (nSPS) is 14.2. The molecule has 4 nitrogen and oxygen atoms in total. The van der Waals surface area contributed by atoms with Gasteiger partial charge in [-0.15, -0.1) is 0 Å². The second kappa shape index (κ2) is 5.58. The Kier molecular flexibility index (Phi) is 4.39. The summed E-state index contributed by atoms with van der Waals surface area (Å²) in [5, 5.41) is 19.1. The number of hydrogen-bond acceptors (Lipinski definition) is 4. The molecule has 0 spiro atoms. The number of benzene rings is 1. The van der Waals surface area contributed by atoms with Gasteiger partial charge in [0.05, 0.1) is 19.6 Å². The Morgan fingerprint density at radius 3 is 2.44 bits per heavy atom. The van der Waals surface area contributed by atoms with Crippen LogP contribution in [0.25, 0.3) is 0 Å². The van der Waals surface area contributed by atoms with Gasteiger partial charge in [-0.2, -0.15) is 0 Å². The maximum Gasteiger partial charge on any atom is 0.308 e. The zero-order chi connectivity index (χ0) is 12.1.